The van der Waals surface area contributed by atoms with Gasteiger partial charge < -0.3 is 18.6 Å². The summed E-state index contributed by atoms with van der Waals surface area (Å²) in [7, 11) is 3.05. The van der Waals surface area contributed by atoms with Crippen LogP contribution >= 0.6 is 0 Å². The molecule has 0 amide bonds. The third kappa shape index (κ3) is 4.63. The zero-order valence-corrected chi connectivity index (χ0v) is 13.5. The van der Waals surface area contributed by atoms with E-state index in [-0.39, 0.29) is 0 Å². The fourth-order valence-corrected chi connectivity index (χ4v) is 1.77. The summed E-state index contributed by atoms with van der Waals surface area (Å²) in [6.07, 6.45) is 2.77. The molecule has 0 spiro atoms. The Morgan fingerprint density at radius 1 is 0.750 bits per heavy atom. The molecule has 4 nitrogen and oxygen atoms in total. The van der Waals surface area contributed by atoms with Gasteiger partial charge in [-0.1, -0.05) is 20.8 Å². The van der Waals surface area contributed by atoms with E-state index in [0.29, 0.717) is 42.8 Å². The molecule has 0 saturated heterocycles. The summed E-state index contributed by atoms with van der Waals surface area (Å²) in [6.45, 7) is 8.03. The zero-order chi connectivity index (χ0) is 14.8. The van der Waals surface area contributed by atoms with Crippen LogP contribution in [0.1, 0.15) is 40.0 Å². The van der Waals surface area contributed by atoms with Crippen LogP contribution in [0.2, 0.25) is 0 Å². The molecule has 0 saturated carbocycles. The van der Waals surface area contributed by atoms with E-state index in [0.717, 1.165) is 19.3 Å². The van der Waals surface area contributed by atoms with E-state index in [2.05, 4.69) is 31.3 Å². The Bertz CT molecular complexity index is 396. The Hall–Kier alpha value is -1.36. The van der Waals surface area contributed by atoms with Gasteiger partial charge in [-0.05, 0) is 31.4 Å². The highest BCUT2D eigenvalue weighted by Crippen LogP contribution is 2.44. The second-order valence-corrected chi connectivity index (χ2v) is 4.57. The smallest absolute Gasteiger partial charge is 0.341 e. The summed E-state index contributed by atoms with van der Waals surface area (Å²) in [6, 6.07) is 3.65. The van der Waals surface area contributed by atoms with Gasteiger partial charge in [0.1, 0.15) is 0 Å². The summed E-state index contributed by atoms with van der Waals surface area (Å²) in [4.78, 5) is 0. The predicted molar refractivity (Wildman–Crippen MR) is 80.2 cm³/mol. The molecule has 1 aromatic carbocycles. The highest BCUT2D eigenvalue weighted by molar-refractivity contribution is 6.00. The van der Waals surface area contributed by atoms with Gasteiger partial charge in [0, 0.05) is 0 Å². The van der Waals surface area contributed by atoms with Gasteiger partial charge in [0.25, 0.3) is 0 Å². The molecule has 3 radical (unpaired) electrons. The number of hydrogen-bond donors (Lipinski definition) is 0. The average Bonchev–Trinajstić information content (AvgIpc) is 2.48. The van der Waals surface area contributed by atoms with Gasteiger partial charge in [-0.25, -0.2) is 0 Å². The minimum absolute atomic E-state index is 0.587. The molecule has 0 heterocycles. The van der Waals surface area contributed by atoms with Crippen molar-refractivity contribution in [2.24, 2.45) is 0 Å². The van der Waals surface area contributed by atoms with E-state index >= 15 is 0 Å². The van der Waals surface area contributed by atoms with Gasteiger partial charge in [0.15, 0.2) is 11.5 Å². The standard InChI is InChI=1S/C15H23O4Si/c1-4-9-16-12-7-8-13(19-20)15(18-11-6-3)14(12)17-10-5-2/h7-8H,4-6,9-11H2,1-3H3. The average molecular weight is 295 g/mol. The van der Waals surface area contributed by atoms with Crippen LogP contribution in [-0.2, 0) is 0 Å². The molecule has 1 rings (SSSR count). The van der Waals surface area contributed by atoms with Gasteiger partial charge >= 0.3 is 10.5 Å². The van der Waals surface area contributed by atoms with E-state index in [4.69, 9.17) is 18.6 Å². The van der Waals surface area contributed by atoms with Crippen molar-refractivity contribution < 1.29 is 18.6 Å². The summed E-state index contributed by atoms with van der Waals surface area (Å²) >= 11 is 0. The second kappa shape index (κ2) is 9.53. The third-order valence-corrected chi connectivity index (χ3v) is 2.73. The quantitative estimate of drug-likeness (QED) is 0.619. The van der Waals surface area contributed by atoms with Gasteiger partial charge in [0.2, 0.25) is 11.5 Å². The predicted octanol–water partition coefficient (Wildman–Crippen LogP) is 3.52. The van der Waals surface area contributed by atoms with Crippen molar-refractivity contribution in [1.29, 1.82) is 0 Å². The van der Waals surface area contributed by atoms with E-state index in [1.165, 1.54) is 0 Å². The van der Waals surface area contributed by atoms with E-state index in [1.54, 1.807) is 0 Å². The Morgan fingerprint density at radius 3 is 1.70 bits per heavy atom. The van der Waals surface area contributed by atoms with Crippen LogP contribution in [0.5, 0.6) is 23.0 Å². The SMILES string of the molecule is CCCOc1ccc(O[Si])c(OCCC)c1OCCC. The highest BCUT2D eigenvalue weighted by atomic mass is 28.2. The summed E-state index contributed by atoms with van der Waals surface area (Å²) in [5.41, 5.74) is 0. The van der Waals surface area contributed by atoms with Gasteiger partial charge in [-0.15, -0.1) is 0 Å². The number of rotatable bonds is 10. The lowest BCUT2D eigenvalue weighted by Gasteiger charge is -2.18. The van der Waals surface area contributed by atoms with Crippen molar-refractivity contribution in [3.8, 4) is 23.0 Å². The molecule has 0 aromatic heterocycles. The van der Waals surface area contributed by atoms with E-state index < -0.39 is 0 Å². The van der Waals surface area contributed by atoms with Crippen LogP contribution < -0.4 is 18.6 Å². The molecular weight excluding hydrogens is 272 g/mol. The monoisotopic (exact) mass is 295 g/mol. The Morgan fingerprint density at radius 2 is 1.20 bits per heavy atom. The molecule has 0 aliphatic rings. The van der Waals surface area contributed by atoms with Gasteiger partial charge in [-0.2, -0.15) is 0 Å². The molecule has 0 aliphatic carbocycles. The molecule has 0 N–H and O–H groups in total. The molecule has 0 atom stereocenters. The van der Waals surface area contributed by atoms with Crippen molar-refractivity contribution in [2.45, 2.75) is 40.0 Å². The molecule has 0 fully saturated rings. The summed E-state index contributed by atoms with van der Waals surface area (Å²) in [5, 5.41) is 0. The number of benzene rings is 1. The van der Waals surface area contributed by atoms with Crippen molar-refractivity contribution in [3.05, 3.63) is 12.1 Å². The first-order valence-corrected chi connectivity index (χ1v) is 7.58. The number of hydrogen-bond acceptors (Lipinski definition) is 4. The van der Waals surface area contributed by atoms with Crippen molar-refractivity contribution in [1.82, 2.24) is 0 Å². The second-order valence-electron chi connectivity index (χ2n) is 4.37. The molecule has 0 unspecified atom stereocenters. The lowest BCUT2D eigenvalue weighted by Crippen LogP contribution is -2.06. The molecule has 0 aliphatic heterocycles. The lowest BCUT2D eigenvalue weighted by molar-refractivity contribution is 0.239. The van der Waals surface area contributed by atoms with Gasteiger partial charge in [0.05, 0.1) is 19.8 Å². The van der Waals surface area contributed by atoms with Crippen molar-refractivity contribution in [3.63, 3.8) is 0 Å². The molecular formula is C15H23O4Si. The Labute approximate surface area is 124 Å². The minimum atomic E-state index is 0.587. The molecule has 5 heteroatoms. The molecule has 1 aromatic rings. The maximum atomic E-state index is 5.80. The Balaban J connectivity index is 3.09. The third-order valence-electron chi connectivity index (χ3n) is 2.51. The maximum Gasteiger partial charge on any atom is 0.341 e. The zero-order valence-electron chi connectivity index (χ0n) is 12.5. The van der Waals surface area contributed by atoms with E-state index in [1.807, 2.05) is 12.1 Å². The minimum Gasteiger partial charge on any atom is -0.538 e. The first kappa shape index (κ1) is 16.7. The maximum absolute atomic E-state index is 5.80. The lowest BCUT2D eigenvalue weighted by atomic mass is 10.2. The van der Waals surface area contributed by atoms with Gasteiger partial charge in [-0.3, -0.25) is 0 Å². The van der Waals surface area contributed by atoms with Crippen LogP contribution in [0.25, 0.3) is 0 Å². The first-order valence-electron chi connectivity index (χ1n) is 7.17. The van der Waals surface area contributed by atoms with Crippen molar-refractivity contribution in [2.75, 3.05) is 19.8 Å². The van der Waals surface area contributed by atoms with Crippen LogP contribution in [-0.4, -0.2) is 30.3 Å². The summed E-state index contributed by atoms with van der Waals surface area (Å²) < 4.78 is 22.5. The first-order chi connectivity index (χ1) is 9.78. The molecule has 20 heavy (non-hydrogen) atoms. The fraction of sp³-hybridized carbons (Fsp3) is 0.600. The van der Waals surface area contributed by atoms with E-state index in [9.17, 15) is 0 Å². The number of ether oxygens (including phenoxy) is 3. The van der Waals surface area contributed by atoms with Crippen LogP contribution in [0.3, 0.4) is 0 Å². The summed E-state index contributed by atoms with van der Waals surface area (Å²) in [5.74, 6) is 2.48. The topological polar surface area (TPSA) is 36.9 Å². The fourth-order valence-electron chi connectivity index (χ4n) is 1.61. The van der Waals surface area contributed by atoms with Crippen molar-refractivity contribution >= 4 is 10.5 Å². The Kier molecular flexibility index (Phi) is 7.95. The van der Waals surface area contributed by atoms with Crippen LogP contribution in [0, 0.1) is 0 Å². The molecule has 111 valence electrons. The van der Waals surface area contributed by atoms with Crippen LogP contribution in [0.15, 0.2) is 12.1 Å². The largest absolute Gasteiger partial charge is 0.538 e. The van der Waals surface area contributed by atoms with Crippen LogP contribution in [0.4, 0.5) is 0 Å². The normalized spacial score (nSPS) is 10.2. The highest BCUT2D eigenvalue weighted by Gasteiger charge is 2.18. The molecule has 0 bridgehead atoms.